The highest BCUT2D eigenvalue weighted by atomic mass is 16.5. The molecular formula is C13H17NO5. The van der Waals surface area contributed by atoms with E-state index in [9.17, 15) is 19.8 Å². The molecule has 0 aliphatic rings. The van der Waals surface area contributed by atoms with Gasteiger partial charge < -0.3 is 19.8 Å². The second-order valence-electron chi connectivity index (χ2n) is 3.80. The molecule has 2 N–H and O–H groups in total. The number of carbonyl (C=O) groups excluding carboxylic acids is 2. The van der Waals surface area contributed by atoms with Crippen molar-refractivity contribution in [3.63, 3.8) is 0 Å². The average molecular weight is 267 g/mol. The molecule has 0 heterocycles. The number of ether oxygens (including phenoxy) is 1. The molecule has 0 saturated carbocycles. The molecule has 1 amide bonds. The van der Waals surface area contributed by atoms with Crippen LogP contribution in [0.2, 0.25) is 0 Å². The molecule has 6 nitrogen and oxygen atoms in total. The Labute approximate surface area is 111 Å². The van der Waals surface area contributed by atoms with E-state index < -0.39 is 17.6 Å². The summed E-state index contributed by atoms with van der Waals surface area (Å²) in [5, 5.41) is 19.0. The maximum absolute atomic E-state index is 12.1. The Bertz CT molecular complexity index is 472. The number of hydrogen-bond donors (Lipinski definition) is 2. The zero-order chi connectivity index (χ0) is 14.4. The molecule has 0 bridgehead atoms. The molecule has 0 atom stereocenters. The third-order valence-corrected chi connectivity index (χ3v) is 2.54. The summed E-state index contributed by atoms with van der Waals surface area (Å²) in [5.41, 5.74) is -0.0499. The number of para-hydroxylation sites is 1. The standard InChI is InChI=1S/C13H17NO5/c1-3-14(8-11(16)19-4-2)13(18)9-6-5-7-10(15)12(9)17/h5-7,15,17H,3-4,8H2,1-2H3. The molecule has 0 radical (unpaired) electrons. The summed E-state index contributed by atoms with van der Waals surface area (Å²) in [6.45, 7) is 3.71. The summed E-state index contributed by atoms with van der Waals surface area (Å²) >= 11 is 0. The van der Waals surface area contributed by atoms with E-state index in [0.717, 1.165) is 0 Å². The van der Waals surface area contributed by atoms with Gasteiger partial charge in [0.2, 0.25) is 0 Å². The monoisotopic (exact) mass is 267 g/mol. The number of hydrogen-bond acceptors (Lipinski definition) is 5. The molecule has 0 aliphatic carbocycles. The van der Waals surface area contributed by atoms with E-state index in [1.54, 1.807) is 13.8 Å². The first kappa shape index (κ1) is 14.8. The third kappa shape index (κ3) is 3.61. The number of rotatable bonds is 5. The zero-order valence-electron chi connectivity index (χ0n) is 10.9. The van der Waals surface area contributed by atoms with Crippen LogP contribution in [-0.4, -0.2) is 46.7 Å². The lowest BCUT2D eigenvalue weighted by Gasteiger charge is -2.20. The Morgan fingerprint density at radius 2 is 1.95 bits per heavy atom. The Hall–Kier alpha value is -2.24. The molecule has 19 heavy (non-hydrogen) atoms. The van der Waals surface area contributed by atoms with E-state index in [-0.39, 0.29) is 31.0 Å². The van der Waals surface area contributed by atoms with Crippen molar-refractivity contribution < 1.29 is 24.5 Å². The van der Waals surface area contributed by atoms with Gasteiger partial charge in [0, 0.05) is 6.54 Å². The maximum Gasteiger partial charge on any atom is 0.325 e. The minimum absolute atomic E-state index is 0.0499. The topological polar surface area (TPSA) is 87.1 Å². The smallest absolute Gasteiger partial charge is 0.325 e. The van der Waals surface area contributed by atoms with E-state index in [2.05, 4.69) is 0 Å². The Morgan fingerprint density at radius 3 is 2.53 bits per heavy atom. The second-order valence-corrected chi connectivity index (χ2v) is 3.80. The van der Waals surface area contributed by atoms with Gasteiger partial charge in [0.15, 0.2) is 11.5 Å². The maximum atomic E-state index is 12.1. The number of aromatic hydroxyl groups is 2. The van der Waals surface area contributed by atoms with E-state index >= 15 is 0 Å². The number of phenolic OH excluding ortho intramolecular Hbond substituents is 2. The van der Waals surface area contributed by atoms with Gasteiger partial charge in [-0.15, -0.1) is 0 Å². The lowest BCUT2D eigenvalue weighted by atomic mass is 10.1. The minimum atomic E-state index is -0.538. The van der Waals surface area contributed by atoms with E-state index in [1.807, 2.05) is 0 Å². The fourth-order valence-corrected chi connectivity index (χ4v) is 1.56. The fraction of sp³-hybridized carbons (Fsp3) is 0.385. The molecule has 6 heteroatoms. The average Bonchev–Trinajstić information content (AvgIpc) is 2.39. The van der Waals surface area contributed by atoms with Crippen LogP contribution in [0.5, 0.6) is 11.5 Å². The summed E-state index contributed by atoms with van der Waals surface area (Å²) in [4.78, 5) is 24.7. The van der Waals surface area contributed by atoms with Crippen molar-refractivity contribution in [2.45, 2.75) is 13.8 Å². The first-order valence-electron chi connectivity index (χ1n) is 5.97. The van der Waals surface area contributed by atoms with Crippen molar-refractivity contribution in [2.24, 2.45) is 0 Å². The highest BCUT2D eigenvalue weighted by Gasteiger charge is 2.21. The Kier molecular flexibility index (Phi) is 5.17. The largest absolute Gasteiger partial charge is 0.504 e. The second kappa shape index (κ2) is 6.63. The first-order valence-corrected chi connectivity index (χ1v) is 5.97. The molecule has 104 valence electrons. The van der Waals surface area contributed by atoms with Crippen molar-refractivity contribution in [3.05, 3.63) is 23.8 Å². The number of esters is 1. The van der Waals surface area contributed by atoms with Crippen molar-refractivity contribution >= 4 is 11.9 Å². The van der Waals surface area contributed by atoms with Crippen LogP contribution in [0.15, 0.2) is 18.2 Å². The number of carbonyl (C=O) groups is 2. The van der Waals surface area contributed by atoms with E-state index in [4.69, 9.17) is 4.74 Å². The van der Waals surface area contributed by atoms with Crippen molar-refractivity contribution in [2.75, 3.05) is 19.7 Å². The number of amides is 1. The lowest BCUT2D eigenvalue weighted by molar-refractivity contribution is -0.143. The molecule has 1 aromatic rings. The third-order valence-electron chi connectivity index (χ3n) is 2.54. The summed E-state index contributed by atoms with van der Waals surface area (Å²) in [6, 6.07) is 4.10. The van der Waals surface area contributed by atoms with Crippen LogP contribution >= 0.6 is 0 Å². The fourth-order valence-electron chi connectivity index (χ4n) is 1.56. The molecule has 1 aromatic carbocycles. The van der Waals surface area contributed by atoms with Crippen molar-refractivity contribution in [1.29, 1.82) is 0 Å². The molecule has 0 fully saturated rings. The van der Waals surface area contributed by atoms with Crippen LogP contribution in [0.4, 0.5) is 0 Å². The van der Waals surface area contributed by atoms with Gasteiger partial charge in [-0.2, -0.15) is 0 Å². The summed E-state index contributed by atoms with van der Waals surface area (Å²) in [5.74, 6) is -1.92. The van der Waals surface area contributed by atoms with Crippen LogP contribution in [0.25, 0.3) is 0 Å². The SMILES string of the molecule is CCOC(=O)CN(CC)C(=O)c1cccc(O)c1O. The highest BCUT2D eigenvalue weighted by molar-refractivity contribution is 5.99. The van der Waals surface area contributed by atoms with Crippen LogP contribution in [0.3, 0.4) is 0 Å². The van der Waals surface area contributed by atoms with Gasteiger partial charge in [-0.1, -0.05) is 6.07 Å². The van der Waals surface area contributed by atoms with Crippen LogP contribution in [0.1, 0.15) is 24.2 Å². The van der Waals surface area contributed by atoms with Crippen LogP contribution in [-0.2, 0) is 9.53 Å². The first-order chi connectivity index (χ1) is 9.01. The van der Waals surface area contributed by atoms with Gasteiger partial charge in [0.1, 0.15) is 6.54 Å². The van der Waals surface area contributed by atoms with Gasteiger partial charge in [-0.05, 0) is 26.0 Å². The molecule has 1 rings (SSSR count). The zero-order valence-corrected chi connectivity index (χ0v) is 10.9. The summed E-state index contributed by atoms with van der Waals surface area (Å²) < 4.78 is 4.77. The van der Waals surface area contributed by atoms with E-state index in [0.29, 0.717) is 0 Å². The van der Waals surface area contributed by atoms with Crippen LogP contribution in [0, 0.1) is 0 Å². The van der Waals surface area contributed by atoms with Gasteiger partial charge in [-0.3, -0.25) is 9.59 Å². The number of likely N-dealkylation sites (N-methyl/N-ethyl adjacent to an activating group) is 1. The van der Waals surface area contributed by atoms with Crippen LogP contribution < -0.4 is 0 Å². The van der Waals surface area contributed by atoms with Crippen molar-refractivity contribution in [1.82, 2.24) is 4.90 Å². The summed E-state index contributed by atoms with van der Waals surface area (Å²) in [6.07, 6.45) is 0. The van der Waals surface area contributed by atoms with Gasteiger partial charge in [0.25, 0.3) is 5.91 Å². The van der Waals surface area contributed by atoms with Gasteiger partial charge >= 0.3 is 5.97 Å². The predicted octanol–water partition coefficient (Wildman–Crippen LogP) is 1.12. The number of phenols is 2. The quantitative estimate of drug-likeness (QED) is 0.616. The van der Waals surface area contributed by atoms with Gasteiger partial charge in [0.05, 0.1) is 12.2 Å². The normalized spacial score (nSPS) is 10.0. The lowest BCUT2D eigenvalue weighted by Crippen LogP contribution is -2.36. The summed E-state index contributed by atoms with van der Waals surface area (Å²) in [7, 11) is 0. The van der Waals surface area contributed by atoms with Gasteiger partial charge in [-0.25, -0.2) is 0 Å². The number of nitrogens with zero attached hydrogens (tertiary/aromatic N) is 1. The molecule has 0 saturated heterocycles. The Balaban J connectivity index is 2.89. The van der Waals surface area contributed by atoms with E-state index in [1.165, 1.54) is 23.1 Å². The Morgan fingerprint density at radius 1 is 1.26 bits per heavy atom. The van der Waals surface area contributed by atoms with Crippen molar-refractivity contribution in [3.8, 4) is 11.5 Å². The minimum Gasteiger partial charge on any atom is -0.504 e. The molecular weight excluding hydrogens is 250 g/mol. The molecule has 0 unspecified atom stereocenters. The molecule has 0 aliphatic heterocycles. The number of benzene rings is 1. The molecule has 0 spiro atoms. The molecule has 0 aromatic heterocycles. The predicted molar refractivity (Wildman–Crippen MR) is 68.0 cm³/mol. The highest BCUT2D eigenvalue weighted by Crippen LogP contribution is 2.29.